The van der Waals surface area contributed by atoms with Crippen molar-refractivity contribution in [3.63, 3.8) is 0 Å². The number of carbonyl (C=O) groups excluding carboxylic acids is 1. The number of benzene rings is 3. The van der Waals surface area contributed by atoms with Crippen molar-refractivity contribution < 1.29 is 23.1 Å². The van der Waals surface area contributed by atoms with Gasteiger partial charge in [0.1, 0.15) is 17.1 Å². The van der Waals surface area contributed by atoms with E-state index in [-0.39, 0.29) is 5.82 Å². The summed E-state index contributed by atoms with van der Waals surface area (Å²) in [4.78, 5) is 21.3. The molecule has 2 heterocycles. The minimum Gasteiger partial charge on any atom is -0.423 e. The molecule has 0 unspecified atom stereocenters. The van der Waals surface area contributed by atoms with Crippen LogP contribution in [0.2, 0.25) is 0 Å². The number of morpholine rings is 1. The lowest BCUT2D eigenvalue weighted by Gasteiger charge is -2.28. The molecule has 0 aliphatic carbocycles. The molecule has 1 fully saturated rings. The smallest absolute Gasteiger partial charge is 0.417 e. The Morgan fingerprint density at radius 3 is 2.47 bits per heavy atom. The van der Waals surface area contributed by atoms with Crippen LogP contribution in [0.25, 0.3) is 22.2 Å². The summed E-state index contributed by atoms with van der Waals surface area (Å²) in [6.45, 7) is 5.10. The maximum Gasteiger partial charge on any atom is 0.417 e. The monoisotopic (exact) mass is 490 g/mol. The predicted octanol–water partition coefficient (Wildman–Crippen LogP) is 5.01. The number of nitrogens with zero attached hydrogens (tertiary/aromatic N) is 3. The lowest BCUT2D eigenvalue weighted by Crippen LogP contribution is -2.40. The van der Waals surface area contributed by atoms with Gasteiger partial charge in [-0.1, -0.05) is 24.3 Å². The lowest BCUT2D eigenvalue weighted by atomic mass is 10.1. The average Bonchev–Trinajstić information content (AvgIpc) is 3.32. The number of fused-ring (bicyclic) bond motifs is 1. The van der Waals surface area contributed by atoms with Crippen LogP contribution < -0.4 is 15.0 Å². The average molecular weight is 491 g/mol. The van der Waals surface area contributed by atoms with Crippen molar-refractivity contribution in [1.29, 1.82) is 0 Å². The fourth-order valence-corrected chi connectivity index (χ4v) is 3.98. The number of likely N-dealkylation sites (N-methyl/N-ethyl adjacent to an activating group) is 1. The molecule has 1 aliphatic rings. The Kier molecular flexibility index (Phi) is 7.11. The van der Waals surface area contributed by atoms with Crippen LogP contribution in [0.1, 0.15) is 0 Å². The van der Waals surface area contributed by atoms with Crippen LogP contribution in [0, 0.1) is 5.82 Å². The van der Waals surface area contributed by atoms with E-state index in [1.54, 1.807) is 42.5 Å². The zero-order valence-electron chi connectivity index (χ0n) is 19.9. The van der Waals surface area contributed by atoms with Gasteiger partial charge < -0.3 is 18.8 Å². The van der Waals surface area contributed by atoms with Crippen molar-refractivity contribution in [2.45, 2.75) is 0 Å². The highest BCUT2D eigenvalue weighted by Gasteiger charge is 2.15. The number of amides is 1. The fraction of sp³-hybridized carbons (Fsp3) is 0.259. The van der Waals surface area contributed by atoms with Gasteiger partial charge in [-0.25, -0.2) is 9.18 Å². The van der Waals surface area contributed by atoms with Crippen LogP contribution in [-0.2, 0) is 4.74 Å². The van der Waals surface area contributed by atoms with Crippen molar-refractivity contribution in [2.75, 3.05) is 56.7 Å². The van der Waals surface area contributed by atoms with E-state index in [9.17, 15) is 9.18 Å². The number of nitrogens with one attached hydrogen (secondary N) is 1. The van der Waals surface area contributed by atoms with Crippen molar-refractivity contribution in [2.24, 2.45) is 0 Å². The highest BCUT2D eigenvalue weighted by atomic mass is 19.1. The van der Waals surface area contributed by atoms with Crippen LogP contribution in [0.4, 0.5) is 20.9 Å². The Hall–Kier alpha value is -3.95. The maximum atomic E-state index is 13.1. The van der Waals surface area contributed by atoms with Gasteiger partial charge in [-0.2, -0.15) is 4.98 Å². The van der Waals surface area contributed by atoms with Crippen LogP contribution in [0.3, 0.4) is 0 Å². The number of hydrogen-bond acceptors (Lipinski definition) is 7. The summed E-state index contributed by atoms with van der Waals surface area (Å²) in [6.07, 6.45) is -0.616. The van der Waals surface area contributed by atoms with E-state index in [4.69, 9.17) is 13.9 Å². The number of hydrogen-bond donors (Lipinski definition) is 1. The van der Waals surface area contributed by atoms with Crippen molar-refractivity contribution >= 4 is 28.9 Å². The number of rotatable bonds is 7. The zero-order chi connectivity index (χ0) is 24.9. The van der Waals surface area contributed by atoms with E-state index in [0.717, 1.165) is 50.5 Å². The molecule has 9 heteroatoms. The largest absolute Gasteiger partial charge is 0.423 e. The molecule has 36 heavy (non-hydrogen) atoms. The first kappa shape index (κ1) is 23.8. The van der Waals surface area contributed by atoms with Gasteiger partial charge in [0.2, 0.25) is 0 Å². The van der Waals surface area contributed by atoms with Gasteiger partial charge in [-0.15, -0.1) is 0 Å². The van der Waals surface area contributed by atoms with Gasteiger partial charge in [0.15, 0.2) is 5.58 Å². The van der Waals surface area contributed by atoms with Gasteiger partial charge in [0, 0.05) is 38.9 Å². The topological polar surface area (TPSA) is 80.1 Å². The standard InChI is InChI=1S/C27H27FN4O4/c1-31(12-13-32-14-16-34-17-15-32)26-30-24-18-22(8-11-25(24)36-26)29-27(33)35-23-9-4-20(5-10-23)19-2-6-21(28)7-3-19/h2-11,18H,12-17H2,1H3,(H,29,33). The predicted molar refractivity (Wildman–Crippen MR) is 136 cm³/mol. The highest BCUT2D eigenvalue weighted by Crippen LogP contribution is 2.25. The molecule has 0 radical (unpaired) electrons. The molecule has 0 atom stereocenters. The highest BCUT2D eigenvalue weighted by molar-refractivity contribution is 5.89. The summed E-state index contributed by atoms with van der Waals surface area (Å²) in [7, 11) is 1.95. The summed E-state index contributed by atoms with van der Waals surface area (Å²) in [5.41, 5.74) is 3.60. The van der Waals surface area contributed by atoms with Crippen LogP contribution in [0.15, 0.2) is 71.1 Å². The number of halogens is 1. The molecule has 0 spiro atoms. The normalized spacial score (nSPS) is 14.1. The van der Waals surface area contributed by atoms with Gasteiger partial charge in [-0.05, 0) is 53.6 Å². The summed E-state index contributed by atoms with van der Waals surface area (Å²) in [5.74, 6) is 0.108. The summed E-state index contributed by atoms with van der Waals surface area (Å²) in [5, 5.41) is 2.73. The number of oxazole rings is 1. The molecule has 0 bridgehead atoms. The van der Waals surface area contributed by atoms with E-state index in [1.807, 2.05) is 24.1 Å². The van der Waals surface area contributed by atoms with E-state index in [0.29, 0.717) is 28.6 Å². The number of carbonyl (C=O) groups is 1. The Bertz CT molecular complexity index is 1320. The summed E-state index contributed by atoms with van der Waals surface area (Å²) < 4.78 is 29.8. The second kappa shape index (κ2) is 10.8. The third-order valence-electron chi connectivity index (χ3n) is 6.05. The van der Waals surface area contributed by atoms with Crippen LogP contribution >= 0.6 is 0 Å². The molecule has 1 aromatic heterocycles. The Balaban J connectivity index is 1.17. The fourth-order valence-electron chi connectivity index (χ4n) is 3.98. The second-order valence-electron chi connectivity index (χ2n) is 8.60. The van der Waals surface area contributed by atoms with E-state index in [1.165, 1.54) is 12.1 Å². The molecule has 8 nitrogen and oxygen atoms in total. The summed E-state index contributed by atoms with van der Waals surface area (Å²) >= 11 is 0. The van der Waals surface area contributed by atoms with E-state index >= 15 is 0 Å². The molecule has 1 saturated heterocycles. The maximum absolute atomic E-state index is 13.1. The first-order valence-electron chi connectivity index (χ1n) is 11.8. The lowest BCUT2D eigenvalue weighted by molar-refractivity contribution is 0.0392. The molecule has 0 saturated carbocycles. The van der Waals surface area contributed by atoms with Gasteiger partial charge in [0.05, 0.1) is 13.2 Å². The molecule has 5 rings (SSSR count). The van der Waals surface area contributed by atoms with Crippen LogP contribution in [0.5, 0.6) is 5.75 Å². The second-order valence-corrected chi connectivity index (χ2v) is 8.60. The molecule has 4 aromatic rings. The van der Waals surface area contributed by atoms with E-state index in [2.05, 4.69) is 15.2 Å². The van der Waals surface area contributed by atoms with Crippen molar-refractivity contribution in [3.05, 3.63) is 72.5 Å². The van der Waals surface area contributed by atoms with Gasteiger partial charge >= 0.3 is 6.09 Å². The molecule has 3 aromatic carbocycles. The van der Waals surface area contributed by atoms with Gasteiger partial charge in [-0.3, -0.25) is 10.2 Å². The molecule has 186 valence electrons. The van der Waals surface area contributed by atoms with Crippen molar-refractivity contribution in [3.8, 4) is 16.9 Å². The number of ether oxygens (including phenoxy) is 2. The SMILES string of the molecule is CN(CCN1CCOCC1)c1nc2cc(NC(=O)Oc3ccc(-c4ccc(F)cc4)cc3)ccc2o1. The zero-order valence-corrected chi connectivity index (χ0v) is 19.9. The Morgan fingerprint density at radius 1 is 1.06 bits per heavy atom. The quantitative estimate of drug-likeness (QED) is 0.390. The van der Waals surface area contributed by atoms with E-state index < -0.39 is 6.09 Å². The Morgan fingerprint density at radius 2 is 1.75 bits per heavy atom. The third-order valence-corrected chi connectivity index (χ3v) is 6.05. The molecular weight excluding hydrogens is 463 g/mol. The van der Waals surface area contributed by atoms with Gasteiger partial charge in [0.25, 0.3) is 6.01 Å². The molecule has 1 N–H and O–H groups in total. The number of anilines is 2. The van der Waals surface area contributed by atoms with Crippen molar-refractivity contribution in [1.82, 2.24) is 9.88 Å². The minimum atomic E-state index is -0.616. The number of aromatic nitrogens is 1. The Labute approximate surface area is 208 Å². The molecule has 1 amide bonds. The molecule has 1 aliphatic heterocycles. The molecular formula is C27H27FN4O4. The van der Waals surface area contributed by atoms with Crippen LogP contribution in [-0.4, -0.2) is 62.4 Å². The first-order chi connectivity index (χ1) is 17.5. The third kappa shape index (κ3) is 5.81. The minimum absolute atomic E-state index is 0.286. The summed E-state index contributed by atoms with van der Waals surface area (Å²) in [6, 6.07) is 19.0. The first-order valence-corrected chi connectivity index (χ1v) is 11.8.